The number of amides is 1. The van der Waals surface area contributed by atoms with Crippen LogP contribution in [0.3, 0.4) is 0 Å². The number of rotatable bonds is 6. The largest absolute Gasteiger partial charge is 0.337 e. The van der Waals surface area contributed by atoms with E-state index >= 15 is 0 Å². The van der Waals surface area contributed by atoms with Crippen LogP contribution in [0.1, 0.15) is 18.4 Å². The van der Waals surface area contributed by atoms with Crippen LogP contribution in [0.2, 0.25) is 0 Å². The summed E-state index contributed by atoms with van der Waals surface area (Å²) in [5, 5.41) is 6.28. The maximum Gasteiger partial charge on any atom is 0.246 e. The molecule has 1 amide bonds. The minimum atomic E-state index is 0.0401. The summed E-state index contributed by atoms with van der Waals surface area (Å²) in [6.45, 7) is 2.84. The fourth-order valence-electron chi connectivity index (χ4n) is 3.28. The summed E-state index contributed by atoms with van der Waals surface area (Å²) in [5.41, 5.74) is 1.92. The summed E-state index contributed by atoms with van der Waals surface area (Å²) in [4.78, 5) is 19.1. The van der Waals surface area contributed by atoms with Crippen molar-refractivity contribution in [1.29, 1.82) is 0 Å². The molecule has 5 nitrogen and oxygen atoms in total. The summed E-state index contributed by atoms with van der Waals surface area (Å²) in [5.74, 6) is 1.01. The van der Waals surface area contributed by atoms with Gasteiger partial charge in [-0.25, -0.2) is 0 Å². The highest BCUT2D eigenvalue weighted by atomic mass is 16.5. The second kappa shape index (κ2) is 8.05. The first kappa shape index (κ1) is 17.9. The standard InChI is InChI=1S/C23H21N3O2/c1-2-26(16-21-24-23(25-28-21)18-10-4-3-5-11-18)22(27)15-19-13-8-12-17-9-6-7-14-20(17)19/h3-14H,2,15-16H2,1H3. The van der Waals surface area contributed by atoms with Crippen LogP contribution in [-0.2, 0) is 17.8 Å². The SMILES string of the molecule is CCN(Cc1nc(-c2ccccc2)no1)C(=O)Cc1cccc2ccccc12. The molecule has 0 bridgehead atoms. The molecule has 0 spiro atoms. The van der Waals surface area contributed by atoms with E-state index in [1.807, 2.05) is 61.5 Å². The van der Waals surface area contributed by atoms with E-state index in [-0.39, 0.29) is 5.91 Å². The molecule has 3 aromatic carbocycles. The first-order valence-electron chi connectivity index (χ1n) is 9.37. The van der Waals surface area contributed by atoms with Crippen LogP contribution in [0.25, 0.3) is 22.2 Å². The number of nitrogens with zero attached hydrogens (tertiary/aromatic N) is 3. The fraction of sp³-hybridized carbons (Fsp3) is 0.174. The van der Waals surface area contributed by atoms with Crippen molar-refractivity contribution >= 4 is 16.7 Å². The Morgan fingerprint density at radius 2 is 1.71 bits per heavy atom. The highest BCUT2D eigenvalue weighted by Crippen LogP contribution is 2.20. The number of carbonyl (C=O) groups excluding carboxylic acids is 1. The Balaban J connectivity index is 1.49. The molecule has 0 saturated heterocycles. The van der Waals surface area contributed by atoms with Crippen LogP contribution >= 0.6 is 0 Å². The van der Waals surface area contributed by atoms with Crippen molar-refractivity contribution < 1.29 is 9.32 Å². The van der Waals surface area contributed by atoms with E-state index in [1.54, 1.807) is 4.90 Å². The van der Waals surface area contributed by atoms with Crippen LogP contribution < -0.4 is 0 Å². The van der Waals surface area contributed by atoms with Gasteiger partial charge in [0, 0.05) is 12.1 Å². The van der Waals surface area contributed by atoms with Crippen LogP contribution in [0, 0.1) is 0 Å². The molecule has 0 radical (unpaired) electrons. The normalized spacial score (nSPS) is 10.9. The molecule has 0 atom stereocenters. The van der Waals surface area contributed by atoms with Crippen molar-refractivity contribution in [2.45, 2.75) is 19.9 Å². The molecule has 0 aliphatic rings. The number of hydrogen-bond acceptors (Lipinski definition) is 4. The lowest BCUT2D eigenvalue weighted by Crippen LogP contribution is -2.31. The van der Waals surface area contributed by atoms with Gasteiger partial charge < -0.3 is 9.42 Å². The van der Waals surface area contributed by atoms with Crippen LogP contribution in [0.4, 0.5) is 0 Å². The van der Waals surface area contributed by atoms with Gasteiger partial charge in [0.2, 0.25) is 17.6 Å². The third kappa shape index (κ3) is 3.78. The molecule has 0 fully saturated rings. The second-order valence-corrected chi connectivity index (χ2v) is 6.60. The Morgan fingerprint density at radius 1 is 0.964 bits per heavy atom. The molecule has 140 valence electrons. The Bertz CT molecular complexity index is 1080. The summed E-state index contributed by atoms with van der Waals surface area (Å²) in [6.07, 6.45) is 0.342. The minimum absolute atomic E-state index is 0.0401. The zero-order valence-corrected chi connectivity index (χ0v) is 15.7. The third-order valence-electron chi connectivity index (χ3n) is 4.78. The Morgan fingerprint density at radius 3 is 2.54 bits per heavy atom. The number of hydrogen-bond donors (Lipinski definition) is 0. The minimum Gasteiger partial charge on any atom is -0.337 e. The molecule has 0 aliphatic heterocycles. The van der Waals surface area contributed by atoms with E-state index in [0.717, 1.165) is 21.9 Å². The molecule has 0 saturated carbocycles. The Hall–Kier alpha value is -3.47. The molecular weight excluding hydrogens is 350 g/mol. The second-order valence-electron chi connectivity index (χ2n) is 6.60. The van der Waals surface area contributed by atoms with Gasteiger partial charge in [-0.1, -0.05) is 78.0 Å². The topological polar surface area (TPSA) is 59.2 Å². The average Bonchev–Trinajstić information content (AvgIpc) is 3.21. The predicted octanol–water partition coefficient (Wildman–Crippen LogP) is 4.48. The zero-order chi connectivity index (χ0) is 19.3. The molecule has 5 heteroatoms. The summed E-state index contributed by atoms with van der Waals surface area (Å²) in [6, 6.07) is 23.8. The number of benzene rings is 3. The number of likely N-dealkylation sites (N-methyl/N-ethyl adjacent to an activating group) is 1. The van der Waals surface area contributed by atoms with Crippen LogP contribution in [-0.4, -0.2) is 27.5 Å². The summed E-state index contributed by atoms with van der Waals surface area (Å²) < 4.78 is 5.37. The highest BCUT2D eigenvalue weighted by Gasteiger charge is 2.18. The van der Waals surface area contributed by atoms with Crippen molar-refractivity contribution in [3.63, 3.8) is 0 Å². The van der Waals surface area contributed by atoms with Crippen molar-refractivity contribution in [3.05, 3.63) is 84.3 Å². The molecule has 0 N–H and O–H groups in total. The van der Waals surface area contributed by atoms with Gasteiger partial charge in [-0.2, -0.15) is 4.98 Å². The van der Waals surface area contributed by atoms with E-state index in [0.29, 0.717) is 31.2 Å². The van der Waals surface area contributed by atoms with E-state index in [9.17, 15) is 4.79 Å². The molecule has 1 aromatic heterocycles. The summed E-state index contributed by atoms with van der Waals surface area (Å²) in [7, 11) is 0. The van der Waals surface area contributed by atoms with E-state index in [1.165, 1.54) is 0 Å². The number of carbonyl (C=O) groups is 1. The zero-order valence-electron chi connectivity index (χ0n) is 15.7. The van der Waals surface area contributed by atoms with Gasteiger partial charge in [0.25, 0.3) is 0 Å². The quantitative estimate of drug-likeness (QED) is 0.501. The lowest BCUT2D eigenvalue weighted by molar-refractivity contribution is -0.131. The van der Waals surface area contributed by atoms with Crippen LogP contribution in [0.5, 0.6) is 0 Å². The number of aromatic nitrogens is 2. The first-order chi connectivity index (χ1) is 13.7. The van der Waals surface area contributed by atoms with Gasteiger partial charge in [-0.15, -0.1) is 0 Å². The van der Waals surface area contributed by atoms with Crippen molar-refractivity contribution in [2.75, 3.05) is 6.54 Å². The molecule has 4 aromatic rings. The highest BCUT2D eigenvalue weighted by molar-refractivity contribution is 5.90. The smallest absolute Gasteiger partial charge is 0.246 e. The maximum atomic E-state index is 12.9. The average molecular weight is 371 g/mol. The predicted molar refractivity (Wildman–Crippen MR) is 108 cm³/mol. The van der Waals surface area contributed by atoms with Gasteiger partial charge in [0.15, 0.2) is 0 Å². The Labute approximate surface area is 163 Å². The molecule has 1 heterocycles. The molecular formula is C23H21N3O2. The molecule has 0 aliphatic carbocycles. The Kier molecular flexibility index (Phi) is 5.15. The fourth-order valence-corrected chi connectivity index (χ4v) is 3.28. The molecule has 28 heavy (non-hydrogen) atoms. The number of fused-ring (bicyclic) bond motifs is 1. The van der Waals surface area contributed by atoms with Crippen LogP contribution in [0.15, 0.2) is 77.3 Å². The van der Waals surface area contributed by atoms with Gasteiger partial charge in [-0.05, 0) is 23.3 Å². The van der Waals surface area contributed by atoms with E-state index < -0.39 is 0 Å². The third-order valence-corrected chi connectivity index (χ3v) is 4.78. The maximum absolute atomic E-state index is 12.9. The summed E-state index contributed by atoms with van der Waals surface area (Å²) >= 11 is 0. The molecule has 4 rings (SSSR count). The monoisotopic (exact) mass is 371 g/mol. The van der Waals surface area contributed by atoms with Gasteiger partial charge in [0.05, 0.1) is 13.0 Å². The van der Waals surface area contributed by atoms with E-state index in [2.05, 4.69) is 28.3 Å². The van der Waals surface area contributed by atoms with Gasteiger partial charge in [-0.3, -0.25) is 4.79 Å². The van der Waals surface area contributed by atoms with Crippen molar-refractivity contribution in [2.24, 2.45) is 0 Å². The van der Waals surface area contributed by atoms with Gasteiger partial charge >= 0.3 is 0 Å². The van der Waals surface area contributed by atoms with Gasteiger partial charge in [0.1, 0.15) is 0 Å². The lowest BCUT2D eigenvalue weighted by Gasteiger charge is -2.19. The van der Waals surface area contributed by atoms with Crippen molar-refractivity contribution in [3.8, 4) is 11.4 Å². The first-order valence-corrected chi connectivity index (χ1v) is 9.37. The lowest BCUT2D eigenvalue weighted by atomic mass is 10.0. The van der Waals surface area contributed by atoms with Crippen molar-refractivity contribution in [1.82, 2.24) is 15.0 Å². The molecule has 0 unspecified atom stereocenters. The van der Waals surface area contributed by atoms with E-state index in [4.69, 9.17) is 4.52 Å².